The van der Waals surface area contributed by atoms with Gasteiger partial charge in [-0.2, -0.15) is 0 Å². The molecule has 1 fully saturated rings. The smallest absolute Gasteiger partial charge is 0.152 e. The van der Waals surface area contributed by atoms with E-state index in [-0.39, 0.29) is 5.66 Å². The van der Waals surface area contributed by atoms with E-state index >= 15 is 0 Å². The molecule has 1 atom stereocenters. The molecule has 1 aromatic rings. The van der Waals surface area contributed by atoms with E-state index in [1.807, 2.05) is 36.4 Å². The predicted molar refractivity (Wildman–Crippen MR) is 66.5 cm³/mol. The number of benzene rings is 1. The average Bonchev–Trinajstić information content (AvgIpc) is 2.91. The molecule has 2 N–H and O–H groups in total. The molecule has 1 aliphatic rings. The minimum Gasteiger partial charge on any atom is -0.508 e. The number of nitrogens with one attached hydrogen (secondary N) is 1. The minimum absolute atomic E-state index is 0.291. The Kier molecular flexibility index (Phi) is 2.62. The maximum Gasteiger partial charge on any atom is 0.152 e. The first-order chi connectivity index (χ1) is 7.09. The lowest BCUT2D eigenvalue weighted by Crippen LogP contribution is -2.15. The van der Waals surface area contributed by atoms with Crippen molar-refractivity contribution in [2.75, 3.05) is 6.26 Å². The molecule has 1 aromatic carbocycles. The van der Waals surface area contributed by atoms with Crippen LogP contribution < -0.4 is 5.43 Å². The minimum atomic E-state index is -0.356. The van der Waals surface area contributed by atoms with Crippen LogP contribution in [0.25, 0.3) is 0 Å². The maximum absolute atomic E-state index is 9.74. The van der Waals surface area contributed by atoms with Crippen LogP contribution in [0.4, 0.5) is 0 Å². The molecular weight excluding hydrogens is 228 g/mol. The summed E-state index contributed by atoms with van der Waals surface area (Å²) in [4.78, 5) is 0. The van der Waals surface area contributed by atoms with Gasteiger partial charge in [-0.25, -0.2) is 5.43 Å². The summed E-state index contributed by atoms with van der Waals surface area (Å²) in [5.41, 5.74) is 3.66. The van der Waals surface area contributed by atoms with Crippen molar-refractivity contribution < 1.29 is 5.11 Å². The quantitative estimate of drug-likeness (QED) is 0.581. The Morgan fingerprint density at radius 2 is 2.20 bits per heavy atom. The Hall–Kier alpha value is -0.780. The van der Waals surface area contributed by atoms with Crippen LogP contribution >= 0.6 is 24.0 Å². The predicted octanol–water partition coefficient (Wildman–Crippen LogP) is 2.03. The third-order valence-corrected chi connectivity index (χ3v) is 3.73. The zero-order chi connectivity index (χ0) is 11.1. The van der Waals surface area contributed by atoms with Crippen molar-refractivity contribution in [3.8, 4) is 5.75 Å². The Morgan fingerprint density at radius 3 is 2.80 bits per heavy atom. The van der Waals surface area contributed by atoms with Gasteiger partial charge in [-0.1, -0.05) is 42.2 Å². The second-order valence-electron chi connectivity index (χ2n) is 3.51. The second-order valence-corrected chi connectivity index (χ2v) is 4.95. The number of phenols is 1. The lowest BCUT2D eigenvalue weighted by Gasteiger charge is -2.11. The molecular formula is C10H12N2OS2. The van der Waals surface area contributed by atoms with Crippen molar-refractivity contribution in [2.45, 2.75) is 12.6 Å². The van der Waals surface area contributed by atoms with Crippen molar-refractivity contribution in [1.82, 2.24) is 10.4 Å². The number of hydrogen-bond donors (Lipinski definition) is 2. The monoisotopic (exact) mass is 240 g/mol. The number of thioether (sulfide) groups is 1. The van der Waals surface area contributed by atoms with Crippen molar-refractivity contribution in [2.24, 2.45) is 0 Å². The van der Waals surface area contributed by atoms with Gasteiger partial charge >= 0.3 is 0 Å². The average molecular weight is 240 g/mol. The molecule has 15 heavy (non-hydrogen) atoms. The summed E-state index contributed by atoms with van der Waals surface area (Å²) in [6.07, 6.45) is 1.94. The fourth-order valence-electron chi connectivity index (χ4n) is 1.58. The molecule has 0 aliphatic carbocycles. The highest BCUT2D eigenvalue weighted by molar-refractivity contribution is 8.22. The number of nitrogens with zero attached hydrogens (tertiary/aromatic N) is 1. The summed E-state index contributed by atoms with van der Waals surface area (Å²) >= 11 is 6.69. The molecule has 0 spiro atoms. The van der Waals surface area contributed by atoms with Gasteiger partial charge in [0.2, 0.25) is 0 Å². The molecule has 1 aliphatic heterocycles. The van der Waals surface area contributed by atoms with Gasteiger partial charge in [-0.05, 0) is 19.2 Å². The van der Waals surface area contributed by atoms with Crippen LogP contribution in [0.2, 0.25) is 0 Å². The van der Waals surface area contributed by atoms with Crippen molar-refractivity contribution >= 4 is 28.3 Å². The number of aromatic hydroxyl groups is 1. The number of hydrazine groups is 1. The lowest BCUT2D eigenvalue weighted by molar-refractivity contribution is 0.453. The Bertz CT molecular complexity index is 410. The summed E-state index contributed by atoms with van der Waals surface area (Å²) in [6, 6.07) is 7.29. The van der Waals surface area contributed by atoms with Crippen molar-refractivity contribution in [1.29, 1.82) is 0 Å². The molecule has 2 rings (SSSR count). The summed E-state index contributed by atoms with van der Waals surface area (Å²) in [5.74, 6) is 0.291. The van der Waals surface area contributed by atoms with Crippen LogP contribution in [-0.2, 0) is 5.66 Å². The Balaban J connectivity index is 2.27. The van der Waals surface area contributed by atoms with Gasteiger partial charge in [0.25, 0.3) is 0 Å². The number of rotatable bonds is 1. The van der Waals surface area contributed by atoms with Crippen molar-refractivity contribution in [3.05, 3.63) is 29.8 Å². The molecule has 0 aromatic heterocycles. The SMILES string of the molecule is CSC(=S)N1N[C@@]1(C)c1ccccc1O. The maximum atomic E-state index is 9.74. The largest absolute Gasteiger partial charge is 0.508 e. The van der Waals surface area contributed by atoms with Crippen LogP contribution in [0.1, 0.15) is 12.5 Å². The van der Waals surface area contributed by atoms with Crippen molar-refractivity contribution in [3.63, 3.8) is 0 Å². The van der Waals surface area contributed by atoms with E-state index in [9.17, 15) is 5.11 Å². The van der Waals surface area contributed by atoms with E-state index in [0.717, 1.165) is 9.88 Å². The molecule has 0 unspecified atom stereocenters. The molecule has 0 saturated carbocycles. The first-order valence-electron chi connectivity index (χ1n) is 4.54. The highest BCUT2D eigenvalue weighted by Gasteiger charge is 2.51. The number of para-hydroxylation sites is 1. The van der Waals surface area contributed by atoms with Gasteiger partial charge in [0, 0.05) is 5.56 Å². The van der Waals surface area contributed by atoms with Crippen LogP contribution in [-0.4, -0.2) is 20.7 Å². The van der Waals surface area contributed by atoms with E-state index in [1.54, 1.807) is 6.07 Å². The fraction of sp³-hybridized carbons (Fsp3) is 0.300. The van der Waals surface area contributed by atoms with Gasteiger partial charge in [0.05, 0.1) is 0 Å². The molecule has 1 saturated heterocycles. The van der Waals surface area contributed by atoms with Gasteiger partial charge in [0.15, 0.2) is 9.98 Å². The molecule has 80 valence electrons. The van der Waals surface area contributed by atoms with Crippen LogP contribution in [0.3, 0.4) is 0 Å². The standard InChI is InChI=1S/C10H12N2OS2/c1-10(11-12(10)9(14)15-2)7-5-3-4-6-8(7)13/h3-6,11,13H,1-2H3/t10-,12?/m1/s1. The highest BCUT2D eigenvalue weighted by atomic mass is 32.2. The summed E-state index contributed by atoms with van der Waals surface area (Å²) in [5, 5.41) is 11.6. The van der Waals surface area contributed by atoms with E-state index in [4.69, 9.17) is 12.2 Å². The van der Waals surface area contributed by atoms with Gasteiger partial charge < -0.3 is 5.11 Å². The van der Waals surface area contributed by atoms with Crippen LogP contribution in [0.5, 0.6) is 5.75 Å². The van der Waals surface area contributed by atoms with Crippen LogP contribution in [0, 0.1) is 0 Å². The van der Waals surface area contributed by atoms with E-state index in [2.05, 4.69) is 5.43 Å². The van der Waals surface area contributed by atoms with E-state index in [0.29, 0.717) is 5.75 Å². The highest BCUT2D eigenvalue weighted by Crippen LogP contribution is 2.41. The Labute approximate surface area is 98.4 Å². The summed E-state index contributed by atoms with van der Waals surface area (Å²) in [7, 11) is 0. The number of hydrogen-bond acceptors (Lipinski definition) is 4. The molecule has 1 heterocycles. The van der Waals surface area contributed by atoms with E-state index < -0.39 is 0 Å². The third-order valence-electron chi connectivity index (χ3n) is 2.51. The summed E-state index contributed by atoms with van der Waals surface area (Å²) in [6.45, 7) is 1.99. The molecule has 5 heteroatoms. The Morgan fingerprint density at radius 1 is 1.53 bits per heavy atom. The molecule has 0 amide bonds. The van der Waals surface area contributed by atoms with Crippen LogP contribution in [0.15, 0.2) is 24.3 Å². The number of phenolic OH excluding ortho intramolecular Hbond substituents is 1. The zero-order valence-electron chi connectivity index (χ0n) is 8.52. The van der Waals surface area contributed by atoms with E-state index in [1.165, 1.54) is 11.8 Å². The molecule has 0 bridgehead atoms. The normalized spacial score (nSPS) is 24.0. The van der Waals surface area contributed by atoms with Gasteiger partial charge in [-0.3, -0.25) is 5.01 Å². The third kappa shape index (κ3) is 1.71. The van der Waals surface area contributed by atoms with Gasteiger partial charge in [0.1, 0.15) is 5.75 Å². The van der Waals surface area contributed by atoms with Gasteiger partial charge in [-0.15, -0.1) is 0 Å². The topological polar surface area (TPSA) is 45.2 Å². The fourth-order valence-corrected chi connectivity index (χ4v) is 2.22. The zero-order valence-corrected chi connectivity index (χ0v) is 10.2. The first-order valence-corrected chi connectivity index (χ1v) is 6.17. The molecule has 3 nitrogen and oxygen atoms in total. The summed E-state index contributed by atoms with van der Waals surface area (Å²) < 4.78 is 0.778. The molecule has 0 radical (unpaired) electrons. The lowest BCUT2D eigenvalue weighted by atomic mass is 10.1. The second kappa shape index (κ2) is 3.66. The number of thiocarbonyl (C=S) groups is 1. The first kappa shape index (κ1) is 10.7.